The number of piperidine rings is 1. The van der Waals surface area contributed by atoms with E-state index in [2.05, 4.69) is 29.2 Å². The number of carbonyl (C=O) groups excluding carboxylic acids is 1. The topological polar surface area (TPSA) is 23.6 Å². The number of benzene rings is 2. The summed E-state index contributed by atoms with van der Waals surface area (Å²) in [6, 6.07) is 15.4. The number of hydrogen-bond acceptors (Lipinski definition) is 2. The summed E-state index contributed by atoms with van der Waals surface area (Å²) in [6.07, 6.45) is 3.65. The molecule has 2 aliphatic heterocycles. The van der Waals surface area contributed by atoms with Crippen LogP contribution in [0.15, 0.2) is 48.5 Å². The highest BCUT2D eigenvalue weighted by Gasteiger charge is 2.26. The lowest BCUT2D eigenvalue weighted by molar-refractivity contribution is -0.133. The van der Waals surface area contributed by atoms with Gasteiger partial charge in [0.1, 0.15) is 5.82 Å². The second-order valence-electron chi connectivity index (χ2n) is 7.85. The van der Waals surface area contributed by atoms with E-state index < -0.39 is 0 Å². The molecule has 0 saturated carbocycles. The summed E-state index contributed by atoms with van der Waals surface area (Å²) in [5.74, 6) is 0.615. The van der Waals surface area contributed by atoms with Gasteiger partial charge in [-0.3, -0.25) is 9.69 Å². The lowest BCUT2D eigenvalue weighted by Gasteiger charge is -2.34. The van der Waals surface area contributed by atoms with Crippen LogP contribution in [0.4, 0.5) is 4.39 Å². The van der Waals surface area contributed by atoms with E-state index in [1.807, 2.05) is 17.0 Å². The monoisotopic (exact) mass is 366 g/mol. The Morgan fingerprint density at radius 2 is 1.67 bits per heavy atom. The fraction of sp³-hybridized carbons (Fsp3) is 0.435. The van der Waals surface area contributed by atoms with Gasteiger partial charge in [0.05, 0.1) is 0 Å². The van der Waals surface area contributed by atoms with Gasteiger partial charge in [-0.25, -0.2) is 4.39 Å². The molecule has 2 heterocycles. The molecule has 142 valence electrons. The first-order valence-electron chi connectivity index (χ1n) is 9.99. The second kappa shape index (κ2) is 8.22. The van der Waals surface area contributed by atoms with E-state index in [9.17, 15) is 9.18 Å². The molecule has 3 nitrogen and oxygen atoms in total. The largest absolute Gasteiger partial charge is 0.338 e. The summed E-state index contributed by atoms with van der Waals surface area (Å²) in [4.78, 5) is 17.1. The van der Waals surface area contributed by atoms with Crippen molar-refractivity contribution in [3.8, 4) is 0 Å². The van der Waals surface area contributed by atoms with Crippen molar-refractivity contribution in [1.82, 2.24) is 9.80 Å². The first-order valence-corrected chi connectivity index (χ1v) is 9.99. The molecule has 4 heteroatoms. The maximum Gasteiger partial charge on any atom is 0.223 e. The smallest absolute Gasteiger partial charge is 0.223 e. The van der Waals surface area contributed by atoms with E-state index in [1.54, 1.807) is 6.07 Å². The molecule has 2 aromatic rings. The molecule has 27 heavy (non-hydrogen) atoms. The second-order valence-corrected chi connectivity index (χ2v) is 7.85. The Morgan fingerprint density at radius 1 is 0.963 bits per heavy atom. The summed E-state index contributed by atoms with van der Waals surface area (Å²) in [7, 11) is 0. The highest BCUT2D eigenvalue weighted by molar-refractivity contribution is 5.76. The number of halogens is 1. The number of rotatable bonds is 4. The molecule has 0 aliphatic carbocycles. The number of likely N-dealkylation sites (tertiary alicyclic amines) is 1. The number of carbonyl (C=O) groups is 1. The van der Waals surface area contributed by atoms with Crippen LogP contribution in [0.2, 0.25) is 0 Å². The molecule has 0 unspecified atom stereocenters. The predicted octanol–water partition coefficient (Wildman–Crippen LogP) is 4.01. The maximum absolute atomic E-state index is 13.8. The van der Waals surface area contributed by atoms with Crippen LogP contribution in [-0.4, -0.2) is 35.3 Å². The zero-order valence-corrected chi connectivity index (χ0v) is 15.7. The van der Waals surface area contributed by atoms with Crippen molar-refractivity contribution in [3.63, 3.8) is 0 Å². The third-order valence-electron chi connectivity index (χ3n) is 6.01. The summed E-state index contributed by atoms with van der Waals surface area (Å²) < 4.78 is 13.8. The maximum atomic E-state index is 13.8. The van der Waals surface area contributed by atoms with Crippen LogP contribution in [0, 0.1) is 11.7 Å². The summed E-state index contributed by atoms with van der Waals surface area (Å²) in [5.41, 5.74) is 3.43. The molecule has 1 saturated heterocycles. The predicted molar refractivity (Wildman–Crippen MR) is 105 cm³/mol. The van der Waals surface area contributed by atoms with Crippen LogP contribution in [0.1, 0.15) is 36.0 Å². The van der Waals surface area contributed by atoms with Gasteiger partial charge in [-0.2, -0.15) is 0 Å². The zero-order valence-electron chi connectivity index (χ0n) is 15.7. The first kappa shape index (κ1) is 18.2. The minimum absolute atomic E-state index is 0.125. The molecule has 0 atom stereocenters. The van der Waals surface area contributed by atoms with E-state index in [1.165, 1.54) is 17.2 Å². The SMILES string of the molecule is O=C(CC1CCN(Cc2ccccc2F)CC1)N1CCc2ccccc2C1. The first-order chi connectivity index (χ1) is 13.2. The molecule has 0 spiro atoms. The van der Waals surface area contributed by atoms with Crippen molar-refractivity contribution in [2.24, 2.45) is 5.92 Å². The number of nitrogens with zero attached hydrogens (tertiary/aromatic N) is 2. The summed E-state index contributed by atoms with van der Waals surface area (Å²) >= 11 is 0. The molecular weight excluding hydrogens is 339 g/mol. The molecule has 2 aromatic carbocycles. The van der Waals surface area contributed by atoms with Crippen molar-refractivity contribution in [3.05, 3.63) is 71.0 Å². The molecule has 4 rings (SSSR count). The van der Waals surface area contributed by atoms with Crippen LogP contribution in [0.25, 0.3) is 0 Å². The van der Waals surface area contributed by atoms with Crippen molar-refractivity contribution < 1.29 is 9.18 Å². The van der Waals surface area contributed by atoms with Gasteiger partial charge >= 0.3 is 0 Å². The Hall–Kier alpha value is -2.20. The fourth-order valence-electron chi connectivity index (χ4n) is 4.30. The van der Waals surface area contributed by atoms with Crippen LogP contribution >= 0.6 is 0 Å². The van der Waals surface area contributed by atoms with E-state index >= 15 is 0 Å². The quantitative estimate of drug-likeness (QED) is 0.816. The van der Waals surface area contributed by atoms with Gasteiger partial charge in [0.2, 0.25) is 5.91 Å². The standard InChI is InChI=1S/C23H27FN2O/c24-22-8-4-3-7-21(22)16-25-12-9-18(10-13-25)15-23(27)26-14-11-19-5-1-2-6-20(19)17-26/h1-8,18H,9-17H2. The highest BCUT2D eigenvalue weighted by Crippen LogP contribution is 2.25. The minimum Gasteiger partial charge on any atom is -0.338 e. The summed E-state index contributed by atoms with van der Waals surface area (Å²) in [6.45, 7) is 4.13. The normalized spacial score (nSPS) is 18.3. The fourth-order valence-corrected chi connectivity index (χ4v) is 4.30. The number of hydrogen-bond donors (Lipinski definition) is 0. The average molecular weight is 366 g/mol. The minimum atomic E-state index is -0.125. The van der Waals surface area contributed by atoms with Crippen molar-refractivity contribution >= 4 is 5.91 Å². The lowest BCUT2D eigenvalue weighted by Crippen LogP contribution is -2.39. The molecule has 2 aliphatic rings. The van der Waals surface area contributed by atoms with Crippen molar-refractivity contribution in [2.75, 3.05) is 19.6 Å². The Kier molecular flexibility index (Phi) is 5.53. The van der Waals surface area contributed by atoms with Crippen molar-refractivity contribution in [1.29, 1.82) is 0 Å². The number of amides is 1. The van der Waals surface area contributed by atoms with Crippen LogP contribution in [0.3, 0.4) is 0 Å². The highest BCUT2D eigenvalue weighted by atomic mass is 19.1. The van der Waals surface area contributed by atoms with E-state index in [0.29, 0.717) is 18.9 Å². The molecule has 0 bridgehead atoms. The summed E-state index contributed by atoms with van der Waals surface area (Å²) in [5, 5.41) is 0. The van der Waals surface area contributed by atoms with Crippen LogP contribution in [0.5, 0.6) is 0 Å². The molecule has 1 amide bonds. The Morgan fingerprint density at radius 3 is 2.44 bits per heavy atom. The van der Waals surface area contributed by atoms with E-state index in [0.717, 1.165) is 51.0 Å². The van der Waals surface area contributed by atoms with Crippen LogP contribution in [-0.2, 0) is 24.3 Å². The molecule has 0 radical (unpaired) electrons. The van der Waals surface area contributed by atoms with Gasteiger partial charge < -0.3 is 4.90 Å². The molecule has 1 fully saturated rings. The lowest BCUT2D eigenvalue weighted by atomic mass is 9.92. The van der Waals surface area contributed by atoms with Gasteiger partial charge in [0.25, 0.3) is 0 Å². The van der Waals surface area contributed by atoms with Gasteiger partial charge in [0, 0.05) is 31.6 Å². The number of fused-ring (bicyclic) bond motifs is 1. The Balaban J connectivity index is 1.26. The van der Waals surface area contributed by atoms with Gasteiger partial charge in [-0.05, 0) is 55.5 Å². The van der Waals surface area contributed by atoms with E-state index in [4.69, 9.17) is 0 Å². The zero-order chi connectivity index (χ0) is 18.6. The van der Waals surface area contributed by atoms with Crippen molar-refractivity contribution in [2.45, 2.75) is 38.8 Å². The molecule has 0 N–H and O–H groups in total. The van der Waals surface area contributed by atoms with Gasteiger partial charge in [0.15, 0.2) is 0 Å². The Bertz CT molecular complexity index is 798. The third-order valence-corrected chi connectivity index (χ3v) is 6.01. The third kappa shape index (κ3) is 4.38. The molecule has 0 aromatic heterocycles. The van der Waals surface area contributed by atoms with Crippen LogP contribution < -0.4 is 0 Å². The van der Waals surface area contributed by atoms with Gasteiger partial charge in [-0.15, -0.1) is 0 Å². The Labute approximate surface area is 160 Å². The van der Waals surface area contributed by atoms with Gasteiger partial charge in [-0.1, -0.05) is 42.5 Å². The van der Waals surface area contributed by atoms with E-state index in [-0.39, 0.29) is 11.7 Å². The average Bonchev–Trinajstić information content (AvgIpc) is 2.71. The molecular formula is C23H27FN2O.